The molecule has 5 rings (SSSR count). The van der Waals surface area contributed by atoms with E-state index in [2.05, 4.69) is 22.4 Å². The van der Waals surface area contributed by atoms with Crippen molar-refractivity contribution in [2.45, 2.75) is 19.6 Å². The molecule has 3 N–H and O–H groups in total. The van der Waals surface area contributed by atoms with Crippen LogP contribution in [-0.2, 0) is 24.3 Å². The van der Waals surface area contributed by atoms with Crippen LogP contribution < -0.4 is 20.5 Å². The fraction of sp³-hybridized carbons (Fsp3) is 0.214. The number of nitrogens with zero attached hydrogens (tertiary/aromatic N) is 2. The van der Waals surface area contributed by atoms with E-state index < -0.39 is 0 Å². The Bertz CT molecular complexity index is 1410. The summed E-state index contributed by atoms with van der Waals surface area (Å²) in [7, 11) is 3.19. The van der Waals surface area contributed by atoms with Gasteiger partial charge in [0.1, 0.15) is 6.61 Å². The summed E-state index contributed by atoms with van der Waals surface area (Å²) in [6.07, 6.45) is 2.08. The zero-order valence-electron chi connectivity index (χ0n) is 20.3. The standard InChI is InChI=1S/C28H28N4O4/c1-34-25-13-22-24(14-26(25)35-2)30-15-23(29)27(22)31-21-9-8-19-10-11-32(16-20(19)12-21)28(33)36-17-18-6-4-3-5-7-18/h3-9,12-15H,10-11,16-17,29H2,1-2H3,(H,30,31). The zero-order chi connectivity index (χ0) is 25.1. The molecule has 1 aliphatic heterocycles. The van der Waals surface area contributed by atoms with Gasteiger partial charge >= 0.3 is 6.09 Å². The number of methoxy groups -OCH3 is 2. The number of nitrogens with two attached hydrogens (primary N) is 1. The van der Waals surface area contributed by atoms with Gasteiger partial charge in [-0.05, 0) is 41.3 Å². The predicted molar refractivity (Wildman–Crippen MR) is 140 cm³/mol. The summed E-state index contributed by atoms with van der Waals surface area (Å²) in [6, 6.07) is 19.5. The lowest BCUT2D eigenvalue weighted by atomic mass is 9.99. The molecule has 0 bridgehead atoms. The summed E-state index contributed by atoms with van der Waals surface area (Å²) >= 11 is 0. The van der Waals surface area contributed by atoms with Crippen LogP contribution in [0.3, 0.4) is 0 Å². The highest BCUT2D eigenvalue weighted by molar-refractivity contribution is 6.00. The third-order valence-electron chi connectivity index (χ3n) is 6.35. The molecule has 3 aromatic carbocycles. The summed E-state index contributed by atoms with van der Waals surface area (Å²) in [5, 5.41) is 4.26. The summed E-state index contributed by atoms with van der Waals surface area (Å²) in [5.41, 5.74) is 12.4. The predicted octanol–water partition coefficient (Wildman–Crippen LogP) is 5.27. The van der Waals surface area contributed by atoms with Crippen LogP contribution in [0, 0.1) is 0 Å². The van der Waals surface area contributed by atoms with Crippen LogP contribution in [0.15, 0.2) is 66.9 Å². The Morgan fingerprint density at radius 2 is 1.81 bits per heavy atom. The number of benzene rings is 3. The van der Waals surface area contributed by atoms with Gasteiger partial charge in [-0.2, -0.15) is 0 Å². The number of aromatic nitrogens is 1. The lowest BCUT2D eigenvalue weighted by Gasteiger charge is -2.28. The summed E-state index contributed by atoms with van der Waals surface area (Å²) in [6.45, 7) is 1.36. The largest absolute Gasteiger partial charge is 0.493 e. The fourth-order valence-electron chi connectivity index (χ4n) is 4.42. The number of amides is 1. The molecule has 0 fully saturated rings. The SMILES string of the molecule is COc1cc2ncc(N)c(Nc3ccc4c(c3)CN(C(=O)OCc3ccccc3)CC4)c2cc1OC. The lowest BCUT2D eigenvalue weighted by molar-refractivity contribution is 0.0918. The number of hydrogen-bond acceptors (Lipinski definition) is 7. The first kappa shape index (κ1) is 23.3. The van der Waals surface area contributed by atoms with Gasteiger partial charge in [-0.15, -0.1) is 0 Å². The van der Waals surface area contributed by atoms with Crippen molar-refractivity contribution >= 4 is 34.1 Å². The number of fused-ring (bicyclic) bond motifs is 2. The molecule has 2 heterocycles. The molecule has 0 radical (unpaired) electrons. The third-order valence-corrected chi connectivity index (χ3v) is 6.35. The normalized spacial score (nSPS) is 12.7. The number of carbonyl (C=O) groups is 1. The van der Waals surface area contributed by atoms with E-state index in [9.17, 15) is 4.79 Å². The van der Waals surface area contributed by atoms with E-state index in [0.29, 0.717) is 30.3 Å². The van der Waals surface area contributed by atoms with Crippen molar-refractivity contribution in [1.29, 1.82) is 0 Å². The Balaban J connectivity index is 1.36. The molecule has 184 valence electrons. The second kappa shape index (κ2) is 10.0. The van der Waals surface area contributed by atoms with Crippen molar-refractivity contribution in [1.82, 2.24) is 9.88 Å². The second-order valence-corrected chi connectivity index (χ2v) is 8.63. The highest BCUT2D eigenvalue weighted by Gasteiger charge is 2.22. The van der Waals surface area contributed by atoms with Crippen LogP contribution in [0.2, 0.25) is 0 Å². The number of ether oxygens (including phenoxy) is 3. The summed E-state index contributed by atoms with van der Waals surface area (Å²) in [4.78, 5) is 18.9. The van der Waals surface area contributed by atoms with Crippen molar-refractivity contribution in [3.63, 3.8) is 0 Å². The zero-order valence-corrected chi connectivity index (χ0v) is 20.3. The Kier molecular flexibility index (Phi) is 6.49. The lowest BCUT2D eigenvalue weighted by Crippen LogP contribution is -2.36. The molecule has 8 nitrogen and oxygen atoms in total. The van der Waals surface area contributed by atoms with Crippen LogP contribution >= 0.6 is 0 Å². The first-order valence-electron chi connectivity index (χ1n) is 11.7. The number of pyridine rings is 1. The Morgan fingerprint density at radius 3 is 2.58 bits per heavy atom. The van der Waals surface area contributed by atoms with E-state index in [4.69, 9.17) is 19.9 Å². The van der Waals surface area contributed by atoms with Crippen molar-refractivity contribution in [3.8, 4) is 11.5 Å². The van der Waals surface area contributed by atoms with Gasteiger partial charge in [0.15, 0.2) is 11.5 Å². The molecule has 1 aliphatic rings. The molecule has 0 saturated heterocycles. The number of nitrogen functional groups attached to an aromatic ring is 1. The quantitative estimate of drug-likeness (QED) is 0.384. The molecule has 1 amide bonds. The van der Waals surface area contributed by atoms with Crippen LogP contribution in [0.1, 0.15) is 16.7 Å². The van der Waals surface area contributed by atoms with E-state index in [0.717, 1.165) is 39.8 Å². The molecular formula is C28H28N4O4. The van der Waals surface area contributed by atoms with E-state index in [1.165, 1.54) is 5.56 Å². The van der Waals surface area contributed by atoms with Gasteiger partial charge in [0.2, 0.25) is 0 Å². The molecule has 0 unspecified atom stereocenters. The van der Waals surface area contributed by atoms with Gasteiger partial charge in [-0.25, -0.2) is 4.79 Å². The maximum Gasteiger partial charge on any atom is 0.410 e. The van der Waals surface area contributed by atoms with Gasteiger partial charge < -0.3 is 30.2 Å². The smallest absolute Gasteiger partial charge is 0.410 e. The fourth-order valence-corrected chi connectivity index (χ4v) is 4.42. The van der Waals surface area contributed by atoms with Gasteiger partial charge in [0.25, 0.3) is 0 Å². The minimum atomic E-state index is -0.312. The number of carbonyl (C=O) groups excluding carboxylic acids is 1. The van der Waals surface area contributed by atoms with Crippen molar-refractivity contribution in [2.75, 3.05) is 31.8 Å². The van der Waals surface area contributed by atoms with Gasteiger partial charge in [0.05, 0.1) is 37.3 Å². The van der Waals surface area contributed by atoms with E-state index in [1.807, 2.05) is 48.5 Å². The summed E-state index contributed by atoms with van der Waals surface area (Å²) in [5.74, 6) is 1.19. The van der Waals surface area contributed by atoms with Gasteiger partial charge in [-0.1, -0.05) is 36.4 Å². The van der Waals surface area contributed by atoms with Gasteiger partial charge in [-0.3, -0.25) is 4.98 Å². The average molecular weight is 485 g/mol. The molecule has 1 aromatic heterocycles. The Hall–Kier alpha value is -4.46. The monoisotopic (exact) mass is 484 g/mol. The van der Waals surface area contributed by atoms with Crippen LogP contribution in [0.4, 0.5) is 21.9 Å². The summed E-state index contributed by atoms with van der Waals surface area (Å²) < 4.78 is 16.4. The van der Waals surface area contributed by atoms with Crippen LogP contribution in [0.25, 0.3) is 10.9 Å². The molecule has 0 aliphatic carbocycles. The molecule has 0 atom stereocenters. The van der Waals surface area contributed by atoms with E-state index in [-0.39, 0.29) is 12.7 Å². The molecule has 8 heteroatoms. The molecule has 0 spiro atoms. The molecular weight excluding hydrogens is 456 g/mol. The topological polar surface area (TPSA) is 98.9 Å². The van der Waals surface area contributed by atoms with Crippen LogP contribution in [0.5, 0.6) is 11.5 Å². The third kappa shape index (κ3) is 4.70. The van der Waals surface area contributed by atoms with Crippen molar-refractivity contribution < 1.29 is 19.0 Å². The van der Waals surface area contributed by atoms with E-state index >= 15 is 0 Å². The number of hydrogen-bond donors (Lipinski definition) is 2. The minimum absolute atomic E-state index is 0.257. The molecule has 4 aromatic rings. The maximum absolute atomic E-state index is 12.7. The molecule has 0 saturated carbocycles. The molecule has 36 heavy (non-hydrogen) atoms. The van der Waals surface area contributed by atoms with E-state index in [1.54, 1.807) is 25.3 Å². The Labute approximate surface area is 209 Å². The maximum atomic E-state index is 12.7. The number of rotatable bonds is 6. The number of anilines is 3. The average Bonchev–Trinajstić information content (AvgIpc) is 2.92. The Morgan fingerprint density at radius 1 is 1.03 bits per heavy atom. The minimum Gasteiger partial charge on any atom is -0.493 e. The first-order valence-corrected chi connectivity index (χ1v) is 11.7. The second-order valence-electron chi connectivity index (χ2n) is 8.63. The highest BCUT2D eigenvalue weighted by atomic mass is 16.6. The van der Waals surface area contributed by atoms with Gasteiger partial charge in [0, 0.05) is 30.2 Å². The van der Waals surface area contributed by atoms with Crippen molar-refractivity contribution in [3.05, 3.63) is 83.6 Å². The van der Waals surface area contributed by atoms with Crippen LogP contribution in [-0.4, -0.2) is 36.7 Å². The van der Waals surface area contributed by atoms with Crippen molar-refractivity contribution in [2.24, 2.45) is 0 Å². The first-order chi connectivity index (χ1) is 17.6. The highest BCUT2D eigenvalue weighted by Crippen LogP contribution is 2.38. The number of nitrogens with one attached hydrogen (secondary N) is 1.